The lowest BCUT2D eigenvalue weighted by Gasteiger charge is -2.12. The molecule has 0 aromatic heterocycles. The Morgan fingerprint density at radius 1 is 0.867 bits per heavy atom. The molecule has 1 aromatic rings. The van der Waals surface area contributed by atoms with Gasteiger partial charge in [-0.3, -0.25) is 20.2 Å². The molecule has 0 N–H and O–H groups in total. The molecule has 0 aliphatic carbocycles. The van der Waals surface area contributed by atoms with Gasteiger partial charge in [0.1, 0.15) is 13.2 Å². The van der Waals surface area contributed by atoms with Crippen LogP contribution in [0.15, 0.2) is 12.1 Å². The zero-order chi connectivity index (χ0) is 22.4. The molecule has 0 saturated heterocycles. The largest absolute Gasteiger partial charge is 0.487 e. The fourth-order valence-electron chi connectivity index (χ4n) is 2.04. The number of carbonyl (C=O) groups is 1. The molecular weight excluding hydrogens is 408 g/mol. The molecular formula is C17H24N2O11. The lowest BCUT2D eigenvalue weighted by molar-refractivity contribution is -0.422. The second-order valence-corrected chi connectivity index (χ2v) is 5.48. The van der Waals surface area contributed by atoms with Crippen LogP contribution in [-0.4, -0.2) is 75.8 Å². The van der Waals surface area contributed by atoms with Crippen molar-refractivity contribution >= 4 is 17.3 Å². The van der Waals surface area contributed by atoms with Crippen molar-refractivity contribution in [3.8, 4) is 11.5 Å². The summed E-state index contributed by atoms with van der Waals surface area (Å²) in [5.41, 5.74) is -1.64. The van der Waals surface area contributed by atoms with Gasteiger partial charge in [-0.2, -0.15) is 0 Å². The molecule has 13 nitrogen and oxygen atoms in total. The van der Waals surface area contributed by atoms with E-state index < -0.39 is 33.8 Å². The first-order valence-electron chi connectivity index (χ1n) is 8.93. The van der Waals surface area contributed by atoms with Crippen LogP contribution in [-0.2, 0) is 23.7 Å². The number of methoxy groups -OCH3 is 1. The summed E-state index contributed by atoms with van der Waals surface area (Å²) in [5, 5.41) is 22.3. The van der Waals surface area contributed by atoms with E-state index in [1.165, 1.54) is 0 Å². The maximum Gasteiger partial charge on any atom is 0.350 e. The van der Waals surface area contributed by atoms with E-state index in [1.807, 2.05) is 0 Å². The van der Waals surface area contributed by atoms with Crippen molar-refractivity contribution in [2.45, 2.75) is 6.92 Å². The highest BCUT2D eigenvalue weighted by Gasteiger charge is 2.29. The van der Waals surface area contributed by atoms with Gasteiger partial charge in [0.15, 0.2) is 11.5 Å². The molecule has 0 saturated carbocycles. The topological polar surface area (TPSA) is 159 Å². The molecule has 0 unspecified atom stereocenters. The maximum absolute atomic E-state index is 11.8. The first-order valence-corrected chi connectivity index (χ1v) is 8.93. The van der Waals surface area contributed by atoms with Crippen LogP contribution in [0.2, 0.25) is 0 Å². The molecule has 0 atom stereocenters. The quantitative estimate of drug-likeness (QED) is 0.122. The summed E-state index contributed by atoms with van der Waals surface area (Å²) >= 11 is 0. The minimum absolute atomic E-state index is 0.0525. The number of nitro groups is 2. The van der Waals surface area contributed by atoms with Crippen LogP contribution in [0.25, 0.3) is 0 Å². The summed E-state index contributed by atoms with van der Waals surface area (Å²) in [7, 11) is 1.56. The maximum atomic E-state index is 11.8. The molecule has 0 amide bonds. The number of ether oxygens (including phenoxy) is 6. The summed E-state index contributed by atoms with van der Waals surface area (Å²) in [5.74, 6) is -1.38. The molecule has 0 aliphatic rings. The lowest BCUT2D eigenvalue weighted by Crippen LogP contribution is -2.17. The number of nitrogens with zero attached hydrogens (tertiary/aromatic N) is 2. The Balaban J connectivity index is 2.77. The van der Waals surface area contributed by atoms with E-state index >= 15 is 0 Å². The van der Waals surface area contributed by atoms with Gasteiger partial charge in [-0.1, -0.05) is 0 Å². The summed E-state index contributed by atoms with van der Waals surface area (Å²) in [6, 6.07) is 1.59. The lowest BCUT2D eigenvalue weighted by atomic mass is 10.2. The molecule has 0 heterocycles. The molecule has 1 aromatic carbocycles. The monoisotopic (exact) mass is 432 g/mol. The zero-order valence-electron chi connectivity index (χ0n) is 16.7. The van der Waals surface area contributed by atoms with E-state index in [2.05, 4.69) is 0 Å². The Labute approximate surface area is 172 Å². The van der Waals surface area contributed by atoms with Crippen LogP contribution < -0.4 is 9.47 Å². The second kappa shape index (κ2) is 14.2. The molecule has 168 valence electrons. The number of hydrogen-bond donors (Lipinski definition) is 0. The molecule has 30 heavy (non-hydrogen) atoms. The third kappa shape index (κ3) is 9.09. The Morgan fingerprint density at radius 3 is 1.93 bits per heavy atom. The first kappa shape index (κ1) is 25.2. The van der Waals surface area contributed by atoms with Crippen LogP contribution in [0.1, 0.15) is 6.92 Å². The van der Waals surface area contributed by atoms with Gasteiger partial charge >= 0.3 is 17.3 Å². The van der Waals surface area contributed by atoms with Crippen molar-refractivity contribution in [3.05, 3.63) is 32.4 Å². The molecule has 0 aliphatic heterocycles. The van der Waals surface area contributed by atoms with Crippen molar-refractivity contribution in [2.24, 2.45) is 0 Å². The third-order valence-corrected chi connectivity index (χ3v) is 3.37. The molecule has 0 radical (unpaired) electrons. The van der Waals surface area contributed by atoms with E-state index in [1.54, 1.807) is 14.0 Å². The summed E-state index contributed by atoms with van der Waals surface area (Å²) in [6.45, 7) is 3.09. The number of esters is 1. The standard InChI is InChI=1S/C17H24N2O11/c1-3-26-12-17(20)30-16-11-14(19(23)24)13(18(21)22)10-15(16)29-9-8-28-7-6-27-5-4-25-2/h10-11H,3-9,12H2,1-2H3. The summed E-state index contributed by atoms with van der Waals surface area (Å²) in [6.07, 6.45) is 0. The van der Waals surface area contributed by atoms with Crippen LogP contribution in [0.4, 0.5) is 11.4 Å². The van der Waals surface area contributed by atoms with Crippen LogP contribution in [0, 0.1) is 20.2 Å². The average molecular weight is 432 g/mol. The summed E-state index contributed by atoms with van der Waals surface area (Å²) in [4.78, 5) is 32.2. The van der Waals surface area contributed by atoms with Crippen molar-refractivity contribution in [2.75, 3.05) is 60.0 Å². The molecule has 0 spiro atoms. The van der Waals surface area contributed by atoms with E-state index in [0.29, 0.717) is 19.8 Å². The van der Waals surface area contributed by atoms with Crippen molar-refractivity contribution in [1.82, 2.24) is 0 Å². The van der Waals surface area contributed by atoms with Gasteiger partial charge < -0.3 is 28.4 Å². The van der Waals surface area contributed by atoms with Crippen LogP contribution in [0.3, 0.4) is 0 Å². The molecule has 13 heteroatoms. The van der Waals surface area contributed by atoms with E-state index in [4.69, 9.17) is 28.4 Å². The van der Waals surface area contributed by atoms with Gasteiger partial charge in [-0.05, 0) is 6.92 Å². The van der Waals surface area contributed by atoms with Gasteiger partial charge in [-0.25, -0.2) is 4.79 Å². The fraction of sp³-hybridized carbons (Fsp3) is 0.588. The number of carbonyl (C=O) groups excluding carboxylic acids is 1. The SMILES string of the molecule is CCOCC(=O)Oc1cc([N+](=O)[O-])c([N+](=O)[O-])cc1OCCOCCOCCOC. The van der Waals surface area contributed by atoms with Gasteiger partial charge in [0.2, 0.25) is 0 Å². The van der Waals surface area contributed by atoms with Gasteiger partial charge in [-0.15, -0.1) is 0 Å². The smallest absolute Gasteiger partial charge is 0.350 e. The Morgan fingerprint density at radius 2 is 1.40 bits per heavy atom. The van der Waals surface area contributed by atoms with Gasteiger partial charge in [0.05, 0.1) is 55.0 Å². The van der Waals surface area contributed by atoms with E-state index in [-0.39, 0.29) is 37.9 Å². The van der Waals surface area contributed by atoms with Crippen LogP contribution in [0.5, 0.6) is 11.5 Å². The minimum atomic E-state index is -0.950. The number of hydrogen-bond acceptors (Lipinski definition) is 11. The third-order valence-electron chi connectivity index (χ3n) is 3.37. The highest BCUT2D eigenvalue weighted by atomic mass is 16.6. The molecule has 0 fully saturated rings. The van der Waals surface area contributed by atoms with E-state index in [0.717, 1.165) is 12.1 Å². The molecule has 0 bridgehead atoms. The second-order valence-electron chi connectivity index (χ2n) is 5.48. The summed E-state index contributed by atoms with van der Waals surface area (Å²) < 4.78 is 30.6. The Hall–Kier alpha value is -2.87. The highest BCUT2D eigenvalue weighted by Crippen LogP contribution is 2.39. The highest BCUT2D eigenvalue weighted by molar-refractivity contribution is 5.76. The number of nitro benzene ring substituents is 2. The van der Waals surface area contributed by atoms with Crippen LogP contribution >= 0.6 is 0 Å². The average Bonchev–Trinajstić information content (AvgIpc) is 2.71. The predicted octanol–water partition coefficient (Wildman–Crippen LogP) is 1.50. The first-order chi connectivity index (χ1) is 14.4. The Kier molecular flexibility index (Phi) is 11.9. The van der Waals surface area contributed by atoms with Gasteiger partial charge in [0, 0.05) is 13.7 Å². The van der Waals surface area contributed by atoms with Crippen molar-refractivity contribution in [3.63, 3.8) is 0 Å². The fourth-order valence-corrected chi connectivity index (χ4v) is 2.04. The zero-order valence-corrected chi connectivity index (χ0v) is 16.7. The van der Waals surface area contributed by atoms with E-state index in [9.17, 15) is 25.0 Å². The predicted molar refractivity (Wildman–Crippen MR) is 101 cm³/mol. The number of rotatable bonds is 16. The van der Waals surface area contributed by atoms with Crippen molar-refractivity contribution < 1.29 is 43.1 Å². The Bertz CT molecular complexity index is 711. The van der Waals surface area contributed by atoms with Gasteiger partial charge in [0.25, 0.3) is 0 Å². The minimum Gasteiger partial charge on any atom is -0.487 e. The normalized spacial score (nSPS) is 10.6. The number of benzene rings is 1. The molecule has 1 rings (SSSR count). The van der Waals surface area contributed by atoms with Crippen molar-refractivity contribution in [1.29, 1.82) is 0 Å².